The summed E-state index contributed by atoms with van der Waals surface area (Å²) >= 11 is 6.06. The quantitative estimate of drug-likeness (QED) is 0.846. The molecule has 122 valence electrons. The van der Waals surface area contributed by atoms with Gasteiger partial charge in [0.05, 0.1) is 16.8 Å². The Kier molecular flexibility index (Phi) is 4.55. The van der Waals surface area contributed by atoms with Gasteiger partial charge < -0.3 is 4.90 Å². The second-order valence-electron chi connectivity index (χ2n) is 6.38. The molecule has 1 fully saturated rings. The monoisotopic (exact) mass is 331 g/mol. The molecule has 0 N–H and O–H groups in total. The van der Waals surface area contributed by atoms with Crippen LogP contribution < -0.4 is 0 Å². The van der Waals surface area contributed by atoms with Crippen molar-refractivity contribution in [1.82, 2.24) is 14.8 Å². The van der Waals surface area contributed by atoms with Crippen molar-refractivity contribution in [2.75, 3.05) is 26.2 Å². The van der Waals surface area contributed by atoms with E-state index in [1.165, 1.54) is 0 Å². The molecule has 0 unspecified atom stereocenters. The van der Waals surface area contributed by atoms with Crippen molar-refractivity contribution in [3.05, 3.63) is 40.5 Å². The normalized spacial score (nSPS) is 16.3. The number of pyridine rings is 1. The van der Waals surface area contributed by atoms with Gasteiger partial charge in [0.15, 0.2) is 0 Å². The van der Waals surface area contributed by atoms with Gasteiger partial charge in [-0.25, -0.2) is 0 Å². The molecular formula is C18H22ClN3O. The van der Waals surface area contributed by atoms with Crippen LogP contribution in [0.15, 0.2) is 24.3 Å². The van der Waals surface area contributed by atoms with Gasteiger partial charge in [-0.2, -0.15) is 0 Å². The molecular weight excluding hydrogens is 310 g/mol. The van der Waals surface area contributed by atoms with Gasteiger partial charge in [-0.05, 0) is 45.0 Å². The SMILES string of the molecule is Cc1nc2ccc(Cl)cc2cc1C(=O)N1CCN(C(C)C)CC1. The number of nitrogens with zero attached hydrogens (tertiary/aromatic N) is 3. The standard InChI is InChI=1S/C18H22ClN3O/c1-12(2)21-6-8-22(9-7-21)18(23)16-11-14-10-15(19)4-5-17(14)20-13(16)3/h4-5,10-12H,6-9H2,1-3H3. The van der Waals surface area contributed by atoms with E-state index in [0.29, 0.717) is 16.6 Å². The van der Waals surface area contributed by atoms with E-state index in [9.17, 15) is 4.79 Å². The summed E-state index contributed by atoms with van der Waals surface area (Å²) in [4.78, 5) is 21.7. The molecule has 0 saturated carbocycles. The first-order valence-electron chi connectivity index (χ1n) is 8.06. The third-order valence-corrected chi connectivity index (χ3v) is 4.76. The lowest BCUT2D eigenvalue weighted by Gasteiger charge is -2.37. The summed E-state index contributed by atoms with van der Waals surface area (Å²) in [6.45, 7) is 9.67. The van der Waals surface area contributed by atoms with Crippen molar-refractivity contribution < 1.29 is 4.79 Å². The fourth-order valence-electron chi connectivity index (χ4n) is 3.07. The van der Waals surface area contributed by atoms with Gasteiger partial charge in [-0.1, -0.05) is 11.6 Å². The molecule has 23 heavy (non-hydrogen) atoms. The maximum absolute atomic E-state index is 12.9. The number of carbonyl (C=O) groups excluding carboxylic acids is 1. The maximum Gasteiger partial charge on any atom is 0.255 e. The summed E-state index contributed by atoms with van der Waals surface area (Å²) in [7, 11) is 0. The molecule has 2 heterocycles. The van der Waals surface area contributed by atoms with Crippen molar-refractivity contribution in [1.29, 1.82) is 0 Å². The predicted octanol–water partition coefficient (Wildman–Crippen LogP) is 3.36. The summed E-state index contributed by atoms with van der Waals surface area (Å²) in [6, 6.07) is 8.01. The van der Waals surface area contributed by atoms with Gasteiger partial charge in [0, 0.05) is 42.6 Å². The van der Waals surface area contributed by atoms with Gasteiger partial charge in [-0.3, -0.25) is 14.7 Å². The van der Waals surface area contributed by atoms with E-state index in [4.69, 9.17) is 11.6 Å². The largest absolute Gasteiger partial charge is 0.336 e. The number of carbonyl (C=O) groups is 1. The lowest BCUT2D eigenvalue weighted by atomic mass is 10.1. The Morgan fingerprint density at radius 1 is 1.17 bits per heavy atom. The number of piperazine rings is 1. The molecule has 0 bridgehead atoms. The Morgan fingerprint density at radius 3 is 2.52 bits per heavy atom. The fourth-order valence-corrected chi connectivity index (χ4v) is 3.25. The van der Waals surface area contributed by atoms with Crippen LogP contribution in [-0.4, -0.2) is 52.9 Å². The highest BCUT2D eigenvalue weighted by Gasteiger charge is 2.24. The first-order chi connectivity index (χ1) is 11.0. The first-order valence-corrected chi connectivity index (χ1v) is 8.44. The van der Waals surface area contributed by atoms with Gasteiger partial charge in [-0.15, -0.1) is 0 Å². The summed E-state index contributed by atoms with van der Waals surface area (Å²) in [5.74, 6) is 0.0697. The average molecular weight is 332 g/mol. The molecule has 1 amide bonds. The zero-order chi connectivity index (χ0) is 16.6. The molecule has 3 rings (SSSR count). The third kappa shape index (κ3) is 3.33. The van der Waals surface area contributed by atoms with Crippen LogP contribution in [-0.2, 0) is 0 Å². The minimum Gasteiger partial charge on any atom is -0.336 e. The van der Waals surface area contributed by atoms with Crippen molar-refractivity contribution in [2.24, 2.45) is 0 Å². The van der Waals surface area contributed by atoms with E-state index in [1.807, 2.05) is 36.1 Å². The summed E-state index contributed by atoms with van der Waals surface area (Å²) in [5.41, 5.74) is 2.32. The zero-order valence-electron chi connectivity index (χ0n) is 13.8. The number of hydrogen-bond donors (Lipinski definition) is 0. The second kappa shape index (κ2) is 6.46. The number of aromatic nitrogens is 1. The van der Waals surface area contributed by atoms with Crippen LogP contribution in [0.5, 0.6) is 0 Å². The molecule has 2 aromatic rings. The first kappa shape index (κ1) is 16.2. The Morgan fingerprint density at radius 2 is 1.87 bits per heavy atom. The number of fused-ring (bicyclic) bond motifs is 1. The minimum atomic E-state index is 0.0697. The highest BCUT2D eigenvalue weighted by atomic mass is 35.5. The molecule has 1 aliphatic rings. The number of halogens is 1. The molecule has 1 aliphatic heterocycles. The van der Waals surface area contributed by atoms with Crippen LogP contribution in [0, 0.1) is 6.92 Å². The number of rotatable bonds is 2. The zero-order valence-corrected chi connectivity index (χ0v) is 14.6. The minimum absolute atomic E-state index is 0.0697. The lowest BCUT2D eigenvalue weighted by molar-refractivity contribution is 0.0594. The average Bonchev–Trinajstić information content (AvgIpc) is 2.54. The van der Waals surface area contributed by atoms with Gasteiger partial charge >= 0.3 is 0 Å². The highest BCUT2D eigenvalue weighted by Crippen LogP contribution is 2.22. The third-order valence-electron chi connectivity index (χ3n) is 4.53. The summed E-state index contributed by atoms with van der Waals surface area (Å²) < 4.78 is 0. The molecule has 1 aromatic heterocycles. The van der Waals surface area contributed by atoms with E-state index in [2.05, 4.69) is 23.7 Å². The van der Waals surface area contributed by atoms with Crippen LogP contribution in [0.25, 0.3) is 10.9 Å². The van der Waals surface area contributed by atoms with Crippen molar-refractivity contribution in [3.63, 3.8) is 0 Å². The number of hydrogen-bond acceptors (Lipinski definition) is 3. The van der Waals surface area contributed by atoms with Crippen LogP contribution in [0.1, 0.15) is 29.9 Å². The number of aryl methyl sites for hydroxylation is 1. The van der Waals surface area contributed by atoms with Crippen molar-refractivity contribution >= 4 is 28.4 Å². The molecule has 5 heteroatoms. The van der Waals surface area contributed by atoms with Gasteiger partial charge in [0.1, 0.15) is 0 Å². The number of benzene rings is 1. The molecule has 0 spiro atoms. The van der Waals surface area contributed by atoms with Crippen LogP contribution in [0.4, 0.5) is 0 Å². The van der Waals surface area contributed by atoms with E-state index in [-0.39, 0.29) is 5.91 Å². The number of amides is 1. The van der Waals surface area contributed by atoms with Crippen molar-refractivity contribution in [2.45, 2.75) is 26.8 Å². The Bertz CT molecular complexity index is 736. The molecule has 0 aliphatic carbocycles. The van der Waals surface area contributed by atoms with E-state index in [0.717, 1.165) is 42.8 Å². The summed E-state index contributed by atoms with van der Waals surface area (Å²) in [5, 5.41) is 1.57. The molecule has 1 aromatic carbocycles. The molecule has 0 radical (unpaired) electrons. The topological polar surface area (TPSA) is 36.4 Å². The molecule has 4 nitrogen and oxygen atoms in total. The lowest BCUT2D eigenvalue weighted by Crippen LogP contribution is -2.50. The Labute approximate surface area is 142 Å². The predicted molar refractivity (Wildman–Crippen MR) is 94.1 cm³/mol. The van der Waals surface area contributed by atoms with Crippen molar-refractivity contribution in [3.8, 4) is 0 Å². The van der Waals surface area contributed by atoms with Crippen LogP contribution in [0.3, 0.4) is 0 Å². The van der Waals surface area contributed by atoms with E-state index < -0.39 is 0 Å². The molecule has 0 atom stereocenters. The molecule has 1 saturated heterocycles. The Balaban J connectivity index is 1.85. The van der Waals surface area contributed by atoms with E-state index >= 15 is 0 Å². The highest BCUT2D eigenvalue weighted by molar-refractivity contribution is 6.31. The second-order valence-corrected chi connectivity index (χ2v) is 6.82. The van der Waals surface area contributed by atoms with E-state index in [1.54, 1.807) is 0 Å². The fraction of sp³-hybridized carbons (Fsp3) is 0.444. The smallest absolute Gasteiger partial charge is 0.255 e. The maximum atomic E-state index is 12.9. The summed E-state index contributed by atoms with van der Waals surface area (Å²) in [6.07, 6.45) is 0. The van der Waals surface area contributed by atoms with Crippen LogP contribution in [0.2, 0.25) is 5.02 Å². The van der Waals surface area contributed by atoms with Gasteiger partial charge in [0.2, 0.25) is 0 Å². The van der Waals surface area contributed by atoms with Gasteiger partial charge in [0.25, 0.3) is 5.91 Å². The van der Waals surface area contributed by atoms with Crippen LogP contribution >= 0.6 is 11.6 Å². The Hall–Kier alpha value is -1.65.